The summed E-state index contributed by atoms with van der Waals surface area (Å²) in [6.07, 6.45) is 0. The molecule has 0 spiro atoms. The van der Waals surface area contributed by atoms with Gasteiger partial charge in [-0.2, -0.15) is 0 Å². The van der Waals surface area contributed by atoms with E-state index >= 15 is 0 Å². The van der Waals surface area contributed by atoms with Crippen LogP contribution in [-0.2, 0) is 0 Å². The third-order valence-electron chi connectivity index (χ3n) is 2.61. The van der Waals surface area contributed by atoms with Crippen LogP contribution in [0.4, 0.5) is 0 Å². The fourth-order valence-electron chi connectivity index (χ4n) is 1.85. The van der Waals surface area contributed by atoms with Crippen molar-refractivity contribution in [1.29, 1.82) is 0 Å². The van der Waals surface area contributed by atoms with Crippen molar-refractivity contribution in [3.63, 3.8) is 0 Å². The molecule has 0 bridgehead atoms. The number of fused-ring (bicyclic) bond motifs is 2. The molecule has 3 aromatic carbocycles. The molecule has 0 aliphatic rings. The maximum absolute atomic E-state index is 3.56. The molecule has 0 radical (unpaired) electrons. The Labute approximate surface area is 115 Å². The van der Waals surface area contributed by atoms with Gasteiger partial charge in [-0.05, 0) is 5.39 Å². The summed E-state index contributed by atoms with van der Waals surface area (Å²) in [7, 11) is 0. The summed E-state index contributed by atoms with van der Waals surface area (Å²) >= 11 is 3.56. The molecule has 0 N–H and O–H groups in total. The zero-order valence-electron chi connectivity index (χ0n) is 9.00. The molecular weight excluding hydrogens is 255 g/mol. The van der Waals surface area contributed by atoms with E-state index in [0.717, 1.165) is 9.86 Å². The molecule has 0 saturated heterocycles. The predicted molar refractivity (Wildman–Crippen MR) is 68.0 cm³/mol. The second-order valence-electron chi connectivity index (χ2n) is 3.57. The fraction of sp³-hybridized carbons (Fsp3) is 0. The van der Waals surface area contributed by atoms with Gasteiger partial charge in [0.15, 0.2) is 0 Å². The first-order chi connectivity index (χ1) is 7.34. The van der Waals surface area contributed by atoms with Crippen molar-refractivity contribution < 1.29 is 18.9 Å². The quantitative estimate of drug-likeness (QED) is 0.328. The van der Waals surface area contributed by atoms with Crippen LogP contribution >= 0.6 is 15.9 Å². The topological polar surface area (TPSA) is 0 Å². The minimum Gasteiger partial charge on any atom is -0.146 e. The van der Waals surface area contributed by atoms with Gasteiger partial charge in [-0.1, -0.05) is 61.5 Å². The molecule has 3 aromatic rings. The Bertz CT molecular complexity index is 646. The van der Waals surface area contributed by atoms with Crippen LogP contribution in [0.3, 0.4) is 0 Å². The van der Waals surface area contributed by atoms with Crippen molar-refractivity contribution in [1.82, 2.24) is 0 Å². The van der Waals surface area contributed by atoms with Crippen LogP contribution in [0, 0.1) is 6.07 Å². The van der Waals surface area contributed by atoms with Gasteiger partial charge in [-0.3, -0.25) is 0 Å². The van der Waals surface area contributed by atoms with Gasteiger partial charge in [-0.25, -0.2) is 0 Å². The normalized spacial score (nSPS) is 10.3. The number of rotatable bonds is 0. The van der Waals surface area contributed by atoms with E-state index < -0.39 is 0 Å². The van der Waals surface area contributed by atoms with Crippen LogP contribution < -0.4 is 18.9 Å². The van der Waals surface area contributed by atoms with Gasteiger partial charge < -0.3 is 0 Å². The zero-order chi connectivity index (χ0) is 10.3. The van der Waals surface area contributed by atoms with Crippen molar-refractivity contribution in [3.05, 3.63) is 59.1 Å². The second-order valence-corrected chi connectivity index (χ2v) is 4.42. The molecule has 0 unspecified atom stereocenters. The third-order valence-corrected chi connectivity index (χ3v) is 3.30. The Morgan fingerprint density at radius 1 is 0.938 bits per heavy atom. The Morgan fingerprint density at radius 3 is 2.38 bits per heavy atom. The number of benzene rings is 3. The Kier molecular flexibility index (Phi) is 3.40. The number of hydrogen-bond donors (Lipinski definition) is 0. The van der Waals surface area contributed by atoms with E-state index in [1.54, 1.807) is 0 Å². The van der Waals surface area contributed by atoms with Crippen molar-refractivity contribution in [2.24, 2.45) is 0 Å². The van der Waals surface area contributed by atoms with Gasteiger partial charge in [0, 0.05) is 0 Å². The molecule has 0 atom stereocenters. The first kappa shape index (κ1) is 11.7. The van der Waals surface area contributed by atoms with E-state index in [1.165, 1.54) is 16.2 Å². The third kappa shape index (κ3) is 1.91. The Hall–Kier alpha value is -0.743. The van der Waals surface area contributed by atoms with E-state index in [2.05, 4.69) is 58.4 Å². The smallest absolute Gasteiger partial charge is 0.146 e. The van der Waals surface area contributed by atoms with Crippen LogP contribution in [0.1, 0.15) is 0 Å². The summed E-state index contributed by atoms with van der Waals surface area (Å²) in [6.45, 7) is 0. The van der Waals surface area contributed by atoms with E-state index in [4.69, 9.17) is 0 Å². The molecule has 2 heteroatoms. The maximum atomic E-state index is 3.56. The van der Waals surface area contributed by atoms with Crippen molar-refractivity contribution in [2.75, 3.05) is 0 Å². The van der Waals surface area contributed by atoms with E-state index in [0.29, 0.717) is 0 Å². The van der Waals surface area contributed by atoms with Crippen LogP contribution in [0.5, 0.6) is 0 Å². The minimum atomic E-state index is 0. The van der Waals surface area contributed by atoms with Gasteiger partial charge in [0.05, 0.1) is 0 Å². The molecule has 0 saturated carbocycles. The van der Waals surface area contributed by atoms with Gasteiger partial charge in [-0.15, -0.1) is 29.7 Å². The molecule has 0 heterocycles. The predicted octanol–water partition coefficient (Wildman–Crippen LogP) is 1.56. The largest absolute Gasteiger partial charge is 1.00 e. The van der Waals surface area contributed by atoms with Crippen molar-refractivity contribution in [3.8, 4) is 0 Å². The summed E-state index contributed by atoms with van der Waals surface area (Å²) < 4.78 is 1.13. The summed E-state index contributed by atoms with van der Waals surface area (Å²) in [6, 6.07) is 20.0. The van der Waals surface area contributed by atoms with E-state index in [-0.39, 0.29) is 18.9 Å². The van der Waals surface area contributed by atoms with Crippen LogP contribution in [0.2, 0.25) is 0 Å². The number of halogens is 1. The molecule has 3 rings (SSSR count). The van der Waals surface area contributed by atoms with Crippen molar-refractivity contribution >= 4 is 37.5 Å². The average molecular weight is 263 g/mol. The molecule has 72 valence electrons. The molecule has 0 fully saturated rings. The second kappa shape index (κ2) is 4.63. The minimum absolute atomic E-state index is 0. The molecule has 16 heavy (non-hydrogen) atoms. The Balaban J connectivity index is 0.000000963. The van der Waals surface area contributed by atoms with Crippen LogP contribution in [0.15, 0.2) is 53.0 Å². The summed E-state index contributed by atoms with van der Waals surface area (Å²) in [4.78, 5) is 0. The maximum Gasteiger partial charge on any atom is 1.00 e. The average Bonchev–Trinajstić information content (AvgIpc) is 2.27. The molecule has 0 aromatic heterocycles. The number of hydrogen-bond acceptors (Lipinski definition) is 0. The van der Waals surface area contributed by atoms with Crippen LogP contribution in [0.25, 0.3) is 21.5 Å². The van der Waals surface area contributed by atoms with E-state index in [1.807, 2.05) is 12.1 Å². The first-order valence-corrected chi connectivity index (χ1v) is 5.62. The standard InChI is InChI=1S/C14H8Br.Li/c15-14-7-3-6-12-8-10-4-1-2-5-11(10)9-13(12)14;/h1-5,7-9H;/q-1;+1. The van der Waals surface area contributed by atoms with Gasteiger partial charge in [0.1, 0.15) is 0 Å². The molecule has 0 amide bonds. The summed E-state index contributed by atoms with van der Waals surface area (Å²) in [5.74, 6) is 0. The van der Waals surface area contributed by atoms with Gasteiger partial charge in [0.25, 0.3) is 0 Å². The monoisotopic (exact) mass is 262 g/mol. The fourth-order valence-corrected chi connectivity index (χ4v) is 2.31. The zero-order valence-corrected chi connectivity index (χ0v) is 10.6. The molecule has 0 aliphatic heterocycles. The van der Waals surface area contributed by atoms with Crippen LogP contribution in [-0.4, -0.2) is 0 Å². The molecular formula is C14H8BrLi. The summed E-state index contributed by atoms with van der Waals surface area (Å²) in [5.41, 5.74) is 0. The Morgan fingerprint density at radius 2 is 1.62 bits per heavy atom. The summed E-state index contributed by atoms with van der Waals surface area (Å²) in [5, 5.41) is 4.91. The first-order valence-electron chi connectivity index (χ1n) is 4.83. The van der Waals surface area contributed by atoms with Gasteiger partial charge >= 0.3 is 18.9 Å². The SMILES string of the molecule is Brc1cc[c-]c2cc3ccccc3cc12.[Li+]. The van der Waals surface area contributed by atoms with Gasteiger partial charge in [0.2, 0.25) is 0 Å². The molecule has 0 nitrogen and oxygen atoms in total. The van der Waals surface area contributed by atoms with Crippen molar-refractivity contribution in [2.45, 2.75) is 0 Å². The van der Waals surface area contributed by atoms with E-state index in [9.17, 15) is 0 Å². The molecule has 0 aliphatic carbocycles.